The maximum atomic E-state index is 8.76. The largest absolute Gasteiger partial charge is 0.411 e. The lowest BCUT2D eigenvalue weighted by Crippen LogP contribution is -1.98. The number of rotatable bonds is 3. The van der Waals surface area contributed by atoms with Crippen molar-refractivity contribution in [3.05, 3.63) is 46.5 Å². The van der Waals surface area contributed by atoms with Crippen molar-refractivity contribution >= 4 is 28.9 Å². The Morgan fingerprint density at radius 1 is 1.29 bits per heavy atom. The summed E-state index contributed by atoms with van der Waals surface area (Å²) in [7, 11) is 0. The molecule has 1 aromatic rings. The summed E-state index contributed by atoms with van der Waals surface area (Å²) in [5.41, 5.74) is 1.38. The molecule has 0 amide bonds. The number of oxime groups is 1. The van der Waals surface area contributed by atoms with Gasteiger partial charge in [-0.15, -0.1) is 0 Å². The zero-order valence-electron chi connectivity index (χ0n) is 7.32. The van der Waals surface area contributed by atoms with Crippen LogP contribution in [0.4, 0.5) is 0 Å². The lowest BCUT2D eigenvalue weighted by molar-refractivity contribution is 0.318. The molecule has 4 heteroatoms. The molecule has 0 heterocycles. The van der Waals surface area contributed by atoms with Crippen LogP contribution in [0.15, 0.2) is 46.1 Å². The van der Waals surface area contributed by atoms with Gasteiger partial charge in [-0.3, -0.25) is 0 Å². The highest BCUT2D eigenvalue weighted by molar-refractivity contribution is 6.55. The van der Waals surface area contributed by atoms with Gasteiger partial charge in [-0.2, -0.15) is 0 Å². The first-order valence-electron chi connectivity index (χ1n) is 4.01. The fourth-order valence-corrected chi connectivity index (χ4v) is 1.18. The minimum Gasteiger partial charge on any atom is -0.411 e. The number of hydrogen-bond acceptors (Lipinski definition) is 2. The Hall–Kier alpha value is -0.990. The summed E-state index contributed by atoms with van der Waals surface area (Å²) < 4.78 is 0.169. The molecule has 0 aromatic heterocycles. The molecule has 0 aliphatic rings. The van der Waals surface area contributed by atoms with Crippen LogP contribution in [-0.2, 0) is 0 Å². The average molecular weight is 230 g/mol. The molecule has 1 N–H and O–H groups in total. The maximum Gasteiger partial charge on any atom is 0.103 e. The van der Waals surface area contributed by atoms with E-state index in [1.807, 2.05) is 30.3 Å². The van der Waals surface area contributed by atoms with E-state index in [-0.39, 0.29) is 4.49 Å². The van der Waals surface area contributed by atoms with E-state index in [0.717, 1.165) is 5.56 Å². The Morgan fingerprint density at radius 2 is 1.93 bits per heavy atom. The minimum absolute atomic E-state index is 0.169. The molecule has 0 saturated carbocycles. The highest BCUT2D eigenvalue weighted by atomic mass is 35.5. The molecule has 0 atom stereocenters. The third-order valence-corrected chi connectivity index (χ3v) is 1.99. The molecule has 0 unspecified atom stereocenters. The van der Waals surface area contributed by atoms with Gasteiger partial charge >= 0.3 is 0 Å². The maximum absolute atomic E-state index is 8.76. The monoisotopic (exact) mass is 229 g/mol. The average Bonchev–Trinajstić information content (AvgIpc) is 2.20. The molecule has 74 valence electrons. The lowest BCUT2D eigenvalue weighted by Gasteiger charge is -2.00. The molecule has 0 bridgehead atoms. The second-order valence-electron chi connectivity index (χ2n) is 2.61. The summed E-state index contributed by atoms with van der Waals surface area (Å²) in [5.74, 6) is 0. The molecule has 0 spiro atoms. The van der Waals surface area contributed by atoms with Crippen LogP contribution in [0.5, 0.6) is 0 Å². The van der Waals surface area contributed by atoms with Crippen LogP contribution in [0, 0.1) is 0 Å². The van der Waals surface area contributed by atoms with Crippen molar-refractivity contribution in [3.8, 4) is 0 Å². The Bertz CT molecular complexity index is 342. The number of benzene rings is 1. The van der Waals surface area contributed by atoms with Gasteiger partial charge in [0.2, 0.25) is 0 Å². The van der Waals surface area contributed by atoms with Gasteiger partial charge in [0.15, 0.2) is 0 Å². The van der Waals surface area contributed by atoms with Gasteiger partial charge in [0.1, 0.15) is 4.49 Å². The zero-order chi connectivity index (χ0) is 10.4. The van der Waals surface area contributed by atoms with E-state index in [9.17, 15) is 0 Å². The van der Waals surface area contributed by atoms with Gasteiger partial charge in [-0.05, 0) is 11.6 Å². The van der Waals surface area contributed by atoms with Gasteiger partial charge in [0, 0.05) is 6.42 Å². The van der Waals surface area contributed by atoms with Crippen molar-refractivity contribution in [2.75, 3.05) is 0 Å². The Morgan fingerprint density at radius 3 is 2.43 bits per heavy atom. The van der Waals surface area contributed by atoms with Crippen LogP contribution in [0.25, 0.3) is 0 Å². The van der Waals surface area contributed by atoms with Crippen LogP contribution >= 0.6 is 23.2 Å². The lowest BCUT2D eigenvalue weighted by atomic mass is 10.1. The fourth-order valence-electron chi connectivity index (χ4n) is 1.02. The van der Waals surface area contributed by atoms with E-state index >= 15 is 0 Å². The normalized spacial score (nSPS) is 11.1. The number of nitrogens with zero attached hydrogens (tertiary/aromatic N) is 1. The first kappa shape index (κ1) is 11.1. The van der Waals surface area contributed by atoms with Crippen LogP contribution in [0.2, 0.25) is 0 Å². The van der Waals surface area contributed by atoms with Gasteiger partial charge in [0.25, 0.3) is 0 Å². The first-order chi connectivity index (χ1) is 6.74. The van der Waals surface area contributed by atoms with Crippen LogP contribution in [0.1, 0.15) is 12.0 Å². The molecule has 0 aliphatic heterocycles. The van der Waals surface area contributed by atoms with Crippen molar-refractivity contribution in [1.82, 2.24) is 0 Å². The molecular weight excluding hydrogens is 221 g/mol. The molecular formula is C10H9Cl2NO. The summed E-state index contributed by atoms with van der Waals surface area (Å²) in [4.78, 5) is 0. The quantitative estimate of drug-likeness (QED) is 0.480. The van der Waals surface area contributed by atoms with Crippen molar-refractivity contribution < 1.29 is 5.21 Å². The van der Waals surface area contributed by atoms with Gasteiger partial charge in [-0.1, -0.05) is 58.7 Å². The molecule has 1 rings (SSSR count). The highest BCUT2D eigenvalue weighted by Crippen LogP contribution is 2.11. The Kier molecular flexibility index (Phi) is 4.50. The van der Waals surface area contributed by atoms with Crippen molar-refractivity contribution in [1.29, 1.82) is 0 Å². The summed E-state index contributed by atoms with van der Waals surface area (Å²) in [5, 5.41) is 11.9. The minimum atomic E-state index is 0.169. The summed E-state index contributed by atoms with van der Waals surface area (Å²) in [6.45, 7) is 0. The van der Waals surface area contributed by atoms with E-state index in [1.165, 1.54) is 0 Å². The number of allylic oxidation sites excluding steroid dienone is 1. The molecule has 0 aliphatic carbocycles. The Balaban J connectivity index is 2.80. The fraction of sp³-hybridized carbons (Fsp3) is 0.100. The first-order valence-corrected chi connectivity index (χ1v) is 4.77. The van der Waals surface area contributed by atoms with Gasteiger partial charge in [0.05, 0.1) is 5.71 Å². The zero-order valence-corrected chi connectivity index (χ0v) is 8.83. The second-order valence-corrected chi connectivity index (χ2v) is 3.62. The third-order valence-electron chi connectivity index (χ3n) is 1.68. The van der Waals surface area contributed by atoms with E-state index in [4.69, 9.17) is 28.4 Å². The SMILES string of the molecule is O/N=C(/CC=C(Cl)Cl)c1ccccc1. The van der Waals surface area contributed by atoms with Crippen molar-refractivity contribution in [2.24, 2.45) is 5.16 Å². The molecule has 1 aromatic carbocycles. The van der Waals surface area contributed by atoms with Crippen LogP contribution in [0.3, 0.4) is 0 Å². The second kappa shape index (κ2) is 5.68. The predicted molar refractivity (Wildman–Crippen MR) is 59.2 cm³/mol. The van der Waals surface area contributed by atoms with E-state index in [0.29, 0.717) is 12.1 Å². The number of halogens is 2. The highest BCUT2D eigenvalue weighted by Gasteiger charge is 2.01. The molecule has 2 nitrogen and oxygen atoms in total. The van der Waals surface area contributed by atoms with Crippen LogP contribution in [-0.4, -0.2) is 10.9 Å². The van der Waals surface area contributed by atoms with E-state index in [2.05, 4.69) is 5.16 Å². The number of hydrogen-bond donors (Lipinski definition) is 1. The molecule has 0 saturated heterocycles. The molecule has 14 heavy (non-hydrogen) atoms. The summed E-state index contributed by atoms with van der Waals surface area (Å²) >= 11 is 10.9. The topological polar surface area (TPSA) is 32.6 Å². The third kappa shape index (κ3) is 3.40. The van der Waals surface area contributed by atoms with Crippen molar-refractivity contribution in [2.45, 2.75) is 6.42 Å². The summed E-state index contributed by atoms with van der Waals surface area (Å²) in [6.07, 6.45) is 1.98. The van der Waals surface area contributed by atoms with Gasteiger partial charge in [-0.25, -0.2) is 0 Å². The van der Waals surface area contributed by atoms with Crippen molar-refractivity contribution in [3.63, 3.8) is 0 Å². The van der Waals surface area contributed by atoms with E-state index < -0.39 is 0 Å². The summed E-state index contributed by atoms with van der Waals surface area (Å²) in [6, 6.07) is 9.33. The standard InChI is InChI=1S/C10H9Cl2NO/c11-10(12)7-6-9(13-14)8-4-2-1-3-5-8/h1-5,7,14H,6H2/b13-9-. The molecule has 0 radical (unpaired) electrons. The molecule has 0 fully saturated rings. The van der Waals surface area contributed by atoms with Gasteiger partial charge < -0.3 is 5.21 Å². The Labute approximate surface area is 92.5 Å². The van der Waals surface area contributed by atoms with Crippen LogP contribution < -0.4 is 0 Å². The van der Waals surface area contributed by atoms with E-state index in [1.54, 1.807) is 6.08 Å². The smallest absolute Gasteiger partial charge is 0.103 e. The predicted octanol–water partition coefficient (Wildman–Crippen LogP) is 3.57.